The number of urea groups is 1. The van der Waals surface area contributed by atoms with Crippen molar-refractivity contribution in [2.45, 2.75) is 29.6 Å². The fourth-order valence-corrected chi connectivity index (χ4v) is 7.92. The molecule has 7 rings (SSSR count). The molecule has 51 heavy (non-hydrogen) atoms. The first-order chi connectivity index (χ1) is 24.7. The minimum atomic E-state index is -1.75. The maximum Gasteiger partial charge on any atom is 0.324 e. The lowest BCUT2D eigenvalue weighted by Gasteiger charge is -2.46. The molecule has 258 valence electrons. The number of anilines is 1. The first-order valence-corrected chi connectivity index (χ1v) is 16.4. The van der Waals surface area contributed by atoms with E-state index in [9.17, 15) is 24.3 Å². The molecule has 2 saturated heterocycles. The zero-order valence-electron chi connectivity index (χ0n) is 27.3. The number of ether oxygens (including phenoxy) is 2. The molecule has 3 aliphatic heterocycles. The monoisotopic (exact) mass is 685 g/mol. The number of morpholine rings is 1. The number of nitrogens with zero attached hydrogens (tertiary/aromatic N) is 1. The SMILES string of the molecule is NC(=O)NCC#Cc1ccc2c(c1)[C@]1(C(=O)N2)[C@H](C(N)=O)[C@H]2C(=O)O[C@H](c3ccccc3)[C@H](c3ccccc3)N2[C@@H]1c1cccc(OCCO)c1. The quantitative estimate of drug-likeness (QED) is 0.138. The summed E-state index contributed by atoms with van der Waals surface area (Å²) in [6, 6.07) is 27.4. The van der Waals surface area contributed by atoms with Crippen LogP contribution < -0.4 is 26.8 Å². The lowest BCUT2D eigenvalue weighted by Crippen LogP contribution is -2.53. The van der Waals surface area contributed by atoms with E-state index in [2.05, 4.69) is 22.5 Å². The molecule has 6 atom stereocenters. The number of carbonyl (C=O) groups is 4. The summed E-state index contributed by atoms with van der Waals surface area (Å²) in [4.78, 5) is 56.4. The standard InChI is InChI=1S/C39H35N5O7/c40-35(46)30-32-36(47)51-33(25-12-5-2-6-13-25)31(24-10-3-1-4-11-24)44(32)34(26-14-7-15-27(22-26)50-20-19-45)39(30)28-21-23(9-8-18-42-38(41)49)16-17-29(28)43-37(39)48/h1-7,10-17,21-22,30-34,45H,18-20H2,(H2,40,46)(H,43,48)(H3,41,42,49)/t30-,31-,32-,33+,34+,39-/m0/s1. The maximum absolute atomic E-state index is 14.8. The van der Waals surface area contributed by atoms with Crippen molar-refractivity contribution in [3.63, 3.8) is 0 Å². The van der Waals surface area contributed by atoms with Crippen LogP contribution >= 0.6 is 0 Å². The van der Waals surface area contributed by atoms with Gasteiger partial charge in [-0.3, -0.25) is 19.3 Å². The van der Waals surface area contributed by atoms with Gasteiger partial charge in [0, 0.05) is 11.3 Å². The second-order valence-electron chi connectivity index (χ2n) is 12.5. The van der Waals surface area contributed by atoms with Crippen molar-refractivity contribution < 1.29 is 33.8 Å². The van der Waals surface area contributed by atoms with Gasteiger partial charge in [-0.2, -0.15) is 0 Å². The maximum atomic E-state index is 14.8. The molecule has 0 saturated carbocycles. The fraction of sp³-hybridized carbons (Fsp3) is 0.231. The van der Waals surface area contributed by atoms with Gasteiger partial charge in [0.05, 0.1) is 31.2 Å². The number of amides is 4. The number of benzene rings is 4. The fourth-order valence-electron chi connectivity index (χ4n) is 7.92. The Morgan fingerprint density at radius 2 is 1.61 bits per heavy atom. The summed E-state index contributed by atoms with van der Waals surface area (Å²) >= 11 is 0. The van der Waals surface area contributed by atoms with Gasteiger partial charge in [0.15, 0.2) is 0 Å². The molecule has 12 nitrogen and oxygen atoms in total. The number of nitrogens with two attached hydrogens (primary N) is 2. The molecule has 0 aliphatic carbocycles. The number of esters is 1. The number of aliphatic hydroxyl groups excluding tert-OH is 1. The molecule has 3 heterocycles. The van der Waals surface area contributed by atoms with Crippen molar-refractivity contribution in [2.75, 3.05) is 25.1 Å². The van der Waals surface area contributed by atoms with Crippen LogP contribution in [0.4, 0.5) is 10.5 Å². The Bertz CT molecular complexity index is 2060. The van der Waals surface area contributed by atoms with E-state index in [1.54, 1.807) is 36.4 Å². The number of hydrogen-bond donors (Lipinski definition) is 5. The lowest BCUT2D eigenvalue weighted by atomic mass is 9.65. The van der Waals surface area contributed by atoms with Gasteiger partial charge >= 0.3 is 12.0 Å². The highest BCUT2D eigenvalue weighted by Gasteiger charge is 2.73. The summed E-state index contributed by atoms with van der Waals surface area (Å²) in [7, 11) is 0. The molecule has 12 heteroatoms. The van der Waals surface area contributed by atoms with E-state index in [0.717, 1.165) is 11.1 Å². The molecule has 4 aromatic rings. The predicted molar refractivity (Wildman–Crippen MR) is 186 cm³/mol. The molecular formula is C39H35N5O7. The minimum absolute atomic E-state index is 0.0107. The molecular weight excluding hydrogens is 650 g/mol. The molecule has 1 spiro atoms. The van der Waals surface area contributed by atoms with Gasteiger partial charge in [-0.05, 0) is 52.6 Å². The molecule has 2 fully saturated rings. The smallest absolute Gasteiger partial charge is 0.324 e. The van der Waals surface area contributed by atoms with Gasteiger partial charge < -0.3 is 36.7 Å². The summed E-state index contributed by atoms with van der Waals surface area (Å²) in [6.45, 7) is -0.200. The highest BCUT2D eigenvalue weighted by Crippen LogP contribution is 2.64. The van der Waals surface area contributed by atoms with Crippen LogP contribution in [0, 0.1) is 17.8 Å². The summed E-state index contributed by atoms with van der Waals surface area (Å²) in [6.07, 6.45) is -0.823. The first-order valence-electron chi connectivity index (χ1n) is 16.4. The first kappa shape index (κ1) is 33.3. The number of cyclic esters (lactones) is 1. The van der Waals surface area contributed by atoms with Gasteiger partial charge in [0.2, 0.25) is 11.8 Å². The summed E-state index contributed by atoms with van der Waals surface area (Å²) in [5.41, 5.74) is 13.2. The zero-order valence-corrected chi connectivity index (χ0v) is 27.3. The number of hydrogen-bond acceptors (Lipinski definition) is 8. The molecule has 4 aromatic carbocycles. The Hall–Kier alpha value is -6.16. The van der Waals surface area contributed by atoms with Gasteiger partial charge in [-0.25, -0.2) is 4.79 Å². The average Bonchev–Trinajstić information content (AvgIpc) is 3.62. The van der Waals surface area contributed by atoms with E-state index >= 15 is 0 Å². The van der Waals surface area contributed by atoms with Crippen molar-refractivity contribution >= 4 is 29.5 Å². The van der Waals surface area contributed by atoms with Crippen molar-refractivity contribution in [1.82, 2.24) is 10.2 Å². The van der Waals surface area contributed by atoms with E-state index in [-0.39, 0.29) is 19.8 Å². The van der Waals surface area contributed by atoms with E-state index in [0.29, 0.717) is 28.1 Å². The molecule has 0 unspecified atom stereocenters. The van der Waals surface area contributed by atoms with Crippen molar-refractivity contribution in [3.05, 3.63) is 131 Å². The second-order valence-corrected chi connectivity index (χ2v) is 12.5. The Morgan fingerprint density at radius 1 is 0.902 bits per heavy atom. The third-order valence-electron chi connectivity index (χ3n) is 9.73. The molecule has 0 radical (unpaired) electrons. The summed E-state index contributed by atoms with van der Waals surface area (Å²) in [5, 5.41) is 14.9. The van der Waals surface area contributed by atoms with Crippen LogP contribution in [0.3, 0.4) is 0 Å². The molecule has 4 amide bonds. The molecule has 7 N–H and O–H groups in total. The highest BCUT2D eigenvalue weighted by molar-refractivity contribution is 6.12. The van der Waals surface area contributed by atoms with Crippen LogP contribution in [0.1, 0.15) is 46.0 Å². The number of rotatable bonds is 8. The summed E-state index contributed by atoms with van der Waals surface area (Å²) in [5.74, 6) is 2.81. The van der Waals surface area contributed by atoms with Crippen LogP contribution in [-0.4, -0.2) is 59.6 Å². The van der Waals surface area contributed by atoms with Crippen LogP contribution in [0.5, 0.6) is 5.75 Å². The lowest BCUT2D eigenvalue weighted by molar-refractivity contribution is -0.178. The Labute approximate surface area is 293 Å². The van der Waals surface area contributed by atoms with Crippen LogP contribution in [-0.2, 0) is 24.5 Å². The van der Waals surface area contributed by atoms with Crippen molar-refractivity contribution in [2.24, 2.45) is 17.4 Å². The number of nitrogens with one attached hydrogen (secondary N) is 2. The largest absolute Gasteiger partial charge is 0.491 e. The third kappa shape index (κ3) is 5.72. The number of fused-ring (bicyclic) bond motifs is 3. The Kier molecular flexibility index (Phi) is 8.91. The summed E-state index contributed by atoms with van der Waals surface area (Å²) < 4.78 is 12.1. The molecule has 0 aromatic heterocycles. The normalized spacial score (nSPS) is 24.8. The Balaban J connectivity index is 1.51. The predicted octanol–water partition coefficient (Wildman–Crippen LogP) is 2.83. The van der Waals surface area contributed by atoms with E-state index in [1.165, 1.54) is 0 Å². The van der Waals surface area contributed by atoms with Crippen molar-refractivity contribution in [3.8, 4) is 17.6 Å². The van der Waals surface area contributed by atoms with Crippen LogP contribution in [0.25, 0.3) is 0 Å². The van der Waals surface area contributed by atoms with E-state index in [1.807, 2.05) is 71.6 Å². The topological polar surface area (TPSA) is 186 Å². The number of aliphatic hydroxyl groups is 1. The molecule has 0 bridgehead atoms. The minimum Gasteiger partial charge on any atom is -0.491 e. The van der Waals surface area contributed by atoms with Gasteiger partial charge in [-0.15, -0.1) is 0 Å². The second kappa shape index (κ2) is 13.6. The number of carbonyl (C=O) groups excluding carboxylic acids is 4. The van der Waals surface area contributed by atoms with E-state index < -0.39 is 59.4 Å². The third-order valence-corrected chi connectivity index (χ3v) is 9.73. The number of primary amides is 2. The zero-order chi connectivity index (χ0) is 35.7. The molecule has 3 aliphatic rings. The van der Waals surface area contributed by atoms with Crippen LogP contribution in [0.2, 0.25) is 0 Å². The van der Waals surface area contributed by atoms with E-state index in [4.69, 9.17) is 20.9 Å². The van der Waals surface area contributed by atoms with Crippen molar-refractivity contribution in [1.29, 1.82) is 0 Å². The Morgan fingerprint density at radius 3 is 2.29 bits per heavy atom. The van der Waals surface area contributed by atoms with Gasteiger partial charge in [-0.1, -0.05) is 84.6 Å². The van der Waals surface area contributed by atoms with Gasteiger partial charge in [0.25, 0.3) is 0 Å². The average molecular weight is 686 g/mol. The van der Waals surface area contributed by atoms with Gasteiger partial charge in [0.1, 0.15) is 29.9 Å². The van der Waals surface area contributed by atoms with Crippen LogP contribution in [0.15, 0.2) is 103 Å². The highest BCUT2D eigenvalue weighted by atomic mass is 16.6.